The molecule has 0 aliphatic rings. The molecular weight excluding hydrogens is 371 g/mol. The van der Waals surface area contributed by atoms with Gasteiger partial charge in [0, 0.05) is 38.3 Å². The summed E-state index contributed by atoms with van der Waals surface area (Å²) in [6.45, 7) is 0.243. The first-order valence-electron chi connectivity index (χ1n) is 8.70. The Kier molecular flexibility index (Phi) is 7.03. The van der Waals surface area contributed by atoms with Crippen LogP contribution in [0.15, 0.2) is 48.5 Å². The molecule has 8 heteroatoms. The van der Waals surface area contributed by atoms with Crippen molar-refractivity contribution >= 4 is 23.2 Å². The van der Waals surface area contributed by atoms with E-state index in [0.29, 0.717) is 17.7 Å². The Hall–Kier alpha value is -3.03. The molecule has 2 amide bonds. The summed E-state index contributed by atoms with van der Waals surface area (Å²) in [6.07, 6.45) is -4.29. The maximum atomic E-state index is 13.3. The monoisotopic (exact) mass is 393 g/mol. The molecule has 0 bridgehead atoms. The van der Waals surface area contributed by atoms with Crippen molar-refractivity contribution in [1.82, 2.24) is 5.32 Å². The van der Waals surface area contributed by atoms with Gasteiger partial charge < -0.3 is 15.5 Å². The molecule has 0 aliphatic carbocycles. The standard InChI is InChI=1S/C20H22F3N3O2/c1-26(2)15-10-11-17(16(13-15)20(21,22)23)25-18(27)9-6-12-24-19(28)14-7-4-3-5-8-14/h3-5,7-8,10-11,13H,6,9,12H2,1-2H3,(H,24,28)(H,25,27). The third-order valence-corrected chi connectivity index (χ3v) is 4.00. The molecule has 2 aromatic rings. The summed E-state index contributed by atoms with van der Waals surface area (Å²) in [5.74, 6) is -0.809. The number of carbonyl (C=O) groups excluding carboxylic acids is 2. The Morgan fingerprint density at radius 3 is 2.32 bits per heavy atom. The molecule has 2 rings (SSSR count). The summed E-state index contributed by atoms with van der Waals surface area (Å²) in [4.78, 5) is 25.5. The van der Waals surface area contributed by atoms with Crippen LogP contribution in [-0.2, 0) is 11.0 Å². The zero-order chi connectivity index (χ0) is 20.7. The first kappa shape index (κ1) is 21.3. The Morgan fingerprint density at radius 2 is 1.71 bits per heavy atom. The van der Waals surface area contributed by atoms with Crippen molar-refractivity contribution in [3.8, 4) is 0 Å². The van der Waals surface area contributed by atoms with Crippen molar-refractivity contribution in [2.75, 3.05) is 30.9 Å². The van der Waals surface area contributed by atoms with Gasteiger partial charge in [0.25, 0.3) is 5.91 Å². The maximum Gasteiger partial charge on any atom is 0.418 e. The van der Waals surface area contributed by atoms with E-state index >= 15 is 0 Å². The highest BCUT2D eigenvalue weighted by atomic mass is 19.4. The number of rotatable bonds is 7. The number of alkyl halides is 3. The molecule has 150 valence electrons. The summed E-state index contributed by atoms with van der Waals surface area (Å²) >= 11 is 0. The van der Waals surface area contributed by atoms with Crippen LogP contribution >= 0.6 is 0 Å². The number of hydrogen-bond acceptors (Lipinski definition) is 3. The van der Waals surface area contributed by atoms with E-state index in [0.717, 1.165) is 6.07 Å². The van der Waals surface area contributed by atoms with E-state index in [1.54, 1.807) is 49.3 Å². The van der Waals surface area contributed by atoms with Crippen molar-refractivity contribution in [2.45, 2.75) is 19.0 Å². The van der Waals surface area contributed by atoms with Crippen LogP contribution in [-0.4, -0.2) is 32.5 Å². The molecule has 0 fully saturated rings. The first-order chi connectivity index (χ1) is 13.2. The van der Waals surface area contributed by atoms with Crippen LogP contribution in [0.2, 0.25) is 0 Å². The van der Waals surface area contributed by atoms with Gasteiger partial charge >= 0.3 is 6.18 Å². The highest BCUT2D eigenvalue weighted by Crippen LogP contribution is 2.37. The third-order valence-electron chi connectivity index (χ3n) is 4.00. The van der Waals surface area contributed by atoms with E-state index < -0.39 is 17.6 Å². The van der Waals surface area contributed by atoms with Crippen LogP contribution in [0, 0.1) is 0 Å². The summed E-state index contributed by atoms with van der Waals surface area (Å²) in [6, 6.07) is 12.3. The number of carbonyl (C=O) groups is 2. The SMILES string of the molecule is CN(C)c1ccc(NC(=O)CCCNC(=O)c2ccccc2)c(C(F)(F)F)c1. The predicted octanol–water partition coefficient (Wildman–Crippen LogP) is 3.92. The molecule has 0 aromatic heterocycles. The second-order valence-corrected chi connectivity index (χ2v) is 6.40. The van der Waals surface area contributed by atoms with E-state index in [2.05, 4.69) is 10.6 Å². The molecule has 2 aromatic carbocycles. The fourth-order valence-corrected chi connectivity index (χ4v) is 2.51. The van der Waals surface area contributed by atoms with E-state index in [-0.39, 0.29) is 24.6 Å². The van der Waals surface area contributed by atoms with Crippen LogP contribution in [0.3, 0.4) is 0 Å². The highest BCUT2D eigenvalue weighted by Gasteiger charge is 2.34. The van der Waals surface area contributed by atoms with Gasteiger partial charge in [-0.3, -0.25) is 9.59 Å². The highest BCUT2D eigenvalue weighted by molar-refractivity contribution is 5.94. The molecule has 0 saturated heterocycles. The van der Waals surface area contributed by atoms with Gasteiger partial charge in [0.15, 0.2) is 0 Å². The lowest BCUT2D eigenvalue weighted by atomic mass is 10.1. The van der Waals surface area contributed by atoms with Crippen molar-refractivity contribution in [3.63, 3.8) is 0 Å². The topological polar surface area (TPSA) is 61.4 Å². The lowest BCUT2D eigenvalue weighted by Gasteiger charge is -2.18. The summed E-state index contributed by atoms with van der Waals surface area (Å²) < 4.78 is 39.8. The number of nitrogens with one attached hydrogen (secondary N) is 2. The van der Waals surface area contributed by atoms with Crippen molar-refractivity contribution < 1.29 is 22.8 Å². The lowest BCUT2D eigenvalue weighted by Crippen LogP contribution is -2.25. The molecule has 0 saturated carbocycles. The van der Waals surface area contributed by atoms with Crippen molar-refractivity contribution in [1.29, 1.82) is 0 Å². The molecule has 2 N–H and O–H groups in total. The normalized spacial score (nSPS) is 11.0. The predicted molar refractivity (Wildman–Crippen MR) is 102 cm³/mol. The number of anilines is 2. The number of hydrogen-bond donors (Lipinski definition) is 2. The Balaban J connectivity index is 1.90. The minimum atomic E-state index is -4.59. The third kappa shape index (κ3) is 6.00. The Bertz CT molecular complexity index is 821. The molecule has 0 heterocycles. The second kappa shape index (κ2) is 9.25. The fraction of sp³-hybridized carbons (Fsp3) is 0.300. The van der Waals surface area contributed by atoms with Crippen LogP contribution < -0.4 is 15.5 Å². The van der Waals surface area contributed by atoms with Crippen molar-refractivity contribution in [3.05, 3.63) is 59.7 Å². The Labute approximate surface area is 161 Å². The zero-order valence-electron chi connectivity index (χ0n) is 15.6. The Morgan fingerprint density at radius 1 is 1.04 bits per heavy atom. The molecule has 0 spiro atoms. The second-order valence-electron chi connectivity index (χ2n) is 6.40. The quantitative estimate of drug-likeness (QED) is 0.701. The molecular formula is C20H22F3N3O2. The smallest absolute Gasteiger partial charge is 0.378 e. The number of amides is 2. The fourth-order valence-electron chi connectivity index (χ4n) is 2.51. The van der Waals surface area contributed by atoms with Crippen LogP contribution in [0.4, 0.5) is 24.5 Å². The lowest BCUT2D eigenvalue weighted by molar-refractivity contribution is -0.136. The van der Waals surface area contributed by atoms with Gasteiger partial charge in [-0.25, -0.2) is 0 Å². The average Bonchev–Trinajstić information content (AvgIpc) is 2.65. The molecule has 0 unspecified atom stereocenters. The molecule has 28 heavy (non-hydrogen) atoms. The largest absolute Gasteiger partial charge is 0.418 e. The maximum absolute atomic E-state index is 13.3. The van der Waals surface area contributed by atoms with Gasteiger partial charge in [-0.2, -0.15) is 13.2 Å². The summed E-state index contributed by atoms with van der Waals surface area (Å²) in [5.41, 5.74) is -0.294. The van der Waals surface area contributed by atoms with Crippen molar-refractivity contribution in [2.24, 2.45) is 0 Å². The minimum absolute atomic E-state index is 0.0121. The molecule has 0 aliphatic heterocycles. The summed E-state index contributed by atoms with van der Waals surface area (Å²) in [5, 5.41) is 4.98. The van der Waals surface area contributed by atoms with Gasteiger partial charge in [-0.1, -0.05) is 18.2 Å². The van der Waals surface area contributed by atoms with E-state index in [1.165, 1.54) is 12.1 Å². The van der Waals surface area contributed by atoms with E-state index in [4.69, 9.17) is 0 Å². The van der Waals surface area contributed by atoms with Crippen LogP contribution in [0.5, 0.6) is 0 Å². The van der Waals surface area contributed by atoms with Gasteiger partial charge in [0.2, 0.25) is 5.91 Å². The number of nitrogens with zero attached hydrogens (tertiary/aromatic N) is 1. The number of benzene rings is 2. The van der Waals surface area contributed by atoms with Crippen LogP contribution in [0.25, 0.3) is 0 Å². The average molecular weight is 393 g/mol. The first-order valence-corrected chi connectivity index (χ1v) is 8.70. The van der Waals surface area contributed by atoms with Gasteiger partial charge in [-0.15, -0.1) is 0 Å². The number of halogens is 3. The summed E-state index contributed by atoms with van der Waals surface area (Å²) in [7, 11) is 3.27. The van der Waals surface area contributed by atoms with Gasteiger partial charge in [-0.05, 0) is 36.8 Å². The minimum Gasteiger partial charge on any atom is -0.378 e. The molecule has 5 nitrogen and oxygen atoms in total. The van der Waals surface area contributed by atoms with Gasteiger partial charge in [0.1, 0.15) is 0 Å². The molecule has 0 atom stereocenters. The van der Waals surface area contributed by atoms with Crippen LogP contribution in [0.1, 0.15) is 28.8 Å². The molecule has 0 radical (unpaired) electrons. The zero-order valence-corrected chi connectivity index (χ0v) is 15.6. The van der Waals surface area contributed by atoms with Gasteiger partial charge in [0.05, 0.1) is 11.3 Å². The van der Waals surface area contributed by atoms with E-state index in [9.17, 15) is 22.8 Å². The van der Waals surface area contributed by atoms with E-state index in [1.807, 2.05) is 0 Å².